The molecule has 2 rings (SSSR count). The van der Waals surface area contributed by atoms with Gasteiger partial charge in [0.25, 0.3) is 0 Å². The van der Waals surface area contributed by atoms with E-state index in [1.54, 1.807) is 12.3 Å². The van der Waals surface area contributed by atoms with Crippen molar-refractivity contribution in [2.75, 3.05) is 11.6 Å². The van der Waals surface area contributed by atoms with E-state index < -0.39 is 0 Å². The molecule has 1 N–H and O–H groups in total. The molecule has 0 amide bonds. The molecule has 18 heavy (non-hydrogen) atoms. The Morgan fingerprint density at radius 2 is 2.28 bits per heavy atom. The summed E-state index contributed by atoms with van der Waals surface area (Å²) >= 11 is 2.93. The van der Waals surface area contributed by atoms with Crippen molar-refractivity contribution in [3.8, 4) is 0 Å². The summed E-state index contributed by atoms with van der Waals surface area (Å²) in [5.41, 5.74) is 0. The third-order valence-corrected chi connectivity index (χ3v) is 3.71. The van der Waals surface area contributed by atoms with E-state index in [4.69, 9.17) is 0 Å². The molecular weight excluding hydrogens is 264 g/mol. The van der Waals surface area contributed by atoms with Crippen LogP contribution in [0.3, 0.4) is 0 Å². The van der Waals surface area contributed by atoms with Gasteiger partial charge in [0, 0.05) is 12.3 Å². The predicted molar refractivity (Wildman–Crippen MR) is 78.1 cm³/mol. The van der Waals surface area contributed by atoms with E-state index in [0.29, 0.717) is 0 Å². The number of carbonyl (C=O) groups excluding carboxylic acids is 1. The summed E-state index contributed by atoms with van der Waals surface area (Å²) in [5, 5.41) is 5.80. The summed E-state index contributed by atoms with van der Waals surface area (Å²) in [6.45, 7) is 0. The van der Waals surface area contributed by atoms with Gasteiger partial charge in [0.2, 0.25) is 0 Å². The van der Waals surface area contributed by atoms with Gasteiger partial charge < -0.3 is 5.32 Å². The Labute approximate surface area is 114 Å². The molecule has 0 aliphatic carbocycles. The minimum absolute atomic E-state index is 0.0118. The number of nitrogens with zero attached hydrogens (tertiary/aromatic N) is 1. The first-order valence-corrected chi connectivity index (χ1v) is 7.41. The molecular formula is C13H12N2OS2. The number of anilines is 1. The Morgan fingerprint density at radius 1 is 1.39 bits per heavy atom. The van der Waals surface area contributed by atoms with Gasteiger partial charge >= 0.3 is 0 Å². The van der Waals surface area contributed by atoms with Crippen molar-refractivity contribution in [2.45, 2.75) is 0 Å². The van der Waals surface area contributed by atoms with Crippen LogP contribution in [0, 0.1) is 0 Å². The molecule has 92 valence electrons. The molecule has 2 aromatic heterocycles. The first-order chi connectivity index (χ1) is 8.79. The summed E-state index contributed by atoms with van der Waals surface area (Å²) in [6.07, 6.45) is 5.23. The third kappa shape index (κ3) is 3.45. The zero-order chi connectivity index (χ0) is 12.8. The van der Waals surface area contributed by atoms with Crippen molar-refractivity contribution in [3.05, 3.63) is 57.9 Å². The highest BCUT2D eigenvalue weighted by atomic mass is 32.2. The van der Waals surface area contributed by atoms with E-state index in [9.17, 15) is 4.79 Å². The van der Waals surface area contributed by atoms with Gasteiger partial charge in [-0.2, -0.15) is 0 Å². The lowest BCUT2D eigenvalue weighted by Gasteiger charge is -2.06. The summed E-state index contributed by atoms with van der Waals surface area (Å²) in [6, 6.07) is 9.30. The number of hydrogen-bond donors (Lipinski definition) is 1. The van der Waals surface area contributed by atoms with Crippen molar-refractivity contribution in [2.24, 2.45) is 0 Å². The fourth-order valence-electron chi connectivity index (χ4n) is 1.32. The van der Waals surface area contributed by atoms with Gasteiger partial charge in [-0.05, 0) is 29.8 Å². The van der Waals surface area contributed by atoms with E-state index in [-0.39, 0.29) is 5.78 Å². The van der Waals surface area contributed by atoms with Crippen LogP contribution in [0.1, 0.15) is 9.67 Å². The fourth-order valence-corrected chi connectivity index (χ4v) is 2.39. The van der Waals surface area contributed by atoms with Gasteiger partial charge in [0.1, 0.15) is 5.82 Å². The highest BCUT2D eigenvalue weighted by molar-refractivity contribution is 8.02. The second-order valence-electron chi connectivity index (χ2n) is 3.39. The van der Waals surface area contributed by atoms with Crippen LogP contribution in [0.15, 0.2) is 53.0 Å². The molecule has 0 unspecified atom stereocenters. The van der Waals surface area contributed by atoms with Gasteiger partial charge in [0.05, 0.1) is 9.91 Å². The number of thiophene rings is 1. The first-order valence-electron chi connectivity index (χ1n) is 5.31. The molecule has 0 saturated heterocycles. The van der Waals surface area contributed by atoms with Gasteiger partial charge in [-0.15, -0.1) is 23.1 Å². The second-order valence-corrected chi connectivity index (χ2v) is 5.19. The van der Waals surface area contributed by atoms with Crippen LogP contribution in [-0.2, 0) is 0 Å². The van der Waals surface area contributed by atoms with Gasteiger partial charge in [-0.1, -0.05) is 12.1 Å². The average Bonchev–Trinajstić information content (AvgIpc) is 2.93. The number of carbonyl (C=O) groups is 1. The topological polar surface area (TPSA) is 42.0 Å². The lowest BCUT2D eigenvalue weighted by atomic mass is 10.3. The van der Waals surface area contributed by atoms with Crippen LogP contribution in [0.25, 0.3) is 0 Å². The molecule has 0 atom stereocenters. The largest absolute Gasteiger partial charge is 0.335 e. The van der Waals surface area contributed by atoms with E-state index in [0.717, 1.165) is 15.7 Å². The Balaban J connectivity index is 2.11. The van der Waals surface area contributed by atoms with E-state index >= 15 is 0 Å². The van der Waals surface area contributed by atoms with Crippen molar-refractivity contribution in [3.63, 3.8) is 0 Å². The maximum Gasteiger partial charge on any atom is 0.198 e. The molecule has 0 radical (unpaired) electrons. The standard InChI is InChI=1S/C13H12N2OS2/c1-17-13(15-12-6-2-3-7-14-12)9-10(16)11-5-4-8-18-11/h2-9H,1H3,(H,14,15)/b13-9+. The first kappa shape index (κ1) is 12.9. The van der Waals surface area contributed by atoms with E-state index in [1.807, 2.05) is 42.0 Å². The van der Waals surface area contributed by atoms with Crippen molar-refractivity contribution in [1.29, 1.82) is 0 Å². The smallest absolute Gasteiger partial charge is 0.198 e. The zero-order valence-electron chi connectivity index (χ0n) is 9.79. The predicted octanol–water partition coefficient (Wildman–Crippen LogP) is 3.64. The molecule has 2 heterocycles. The Hall–Kier alpha value is -1.59. The average molecular weight is 276 g/mol. The Bertz CT molecular complexity index is 535. The number of pyridine rings is 1. The minimum atomic E-state index is 0.0118. The quantitative estimate of drug-likeness (QED) is 0.668. The SMILES string of the molecule is CS/C(=C/C(=O)c1cccs1)Nc1ccccn1. The molecule has 0 bridgehead atoms. The zero-order valence-corrected chi connectivity index (χ0v) is 11.4. The van der Waals surface area contributed by atoms with Crippen LogP contribution in [-0.4, -0.2) is 17.0 Å². The molecule has 0 aliphatic rings. The highest BCUT2D eigenvalue weighted by Gasteiger charge is 2.06. The summed E-state index contributed by atoms with van der Waals surface area (Å²) in [5.74, 6) is 0.745. The Morgan fingerprint density at radius 3 is 2.89 bits per heavy atom. The van der Waals surface area contributed by atoms with Crippen LogP contribution in [0.5, 0.6) is 0 Å². The molecule has 3 nitrogen and oxygen atoms in total. The normalized spacial score (nSPS) is 11.3. The number of allylic oxidation sites excluding steroid dienone is 1. The van der Waals surface area contributed by atoms with E-state index in [1.165, 1.54) is 23.1 Å². The lowest BCUT2D eigenvalue weighted by Crippen LogP contribution is -2.01. The van der Waals surface area contributed by atoms with Crippen LogP contribution in [0.2, 0.25) is 0 Å². The van der Waals surface area contributed by atoms with Gasteiger partial charge in [-0.3, -0.25) is 4.79 Å². The monoisotopic (exact) mass is 276 g/mol. The van der Waals surface area contributed by atoms with Gasteiger partial charge in [0.15, 0.2) is 5.78 Å². The third-order valence-electron chi connectivity index (χ3n) is 2.16. The maximum absolute atomic E-state index is 11.9. The summed E-state index contributed by atoms with van der Waals surface area (Å²) < 4.78 is 0. The highest BCUT2D eigenvalue weighted by Crippen LogP contribution is 2.17. The fraction of sp³-hybridized carbons (Fsp3) is 0.0769. The number of hydrogen-bond acceptors (Lipinski definition) is 5. The number of rotatable bonds is 5. The maximum atomic E-state index is 11.9. The van der Waals surface area contributed by atoms with Crippen LogP contribution in [0.4, 0.5) is 5.82 Å². The van der Waals surface area contributed by atoms with Crippen LogP contribution < -0.4 is 5.32 Å². The molecule has 0 spiro atoms. The molecule has 0 aromatic carbocycles. The number of thioether (sulfide) groups is 1. The van der Waals surface area contributed by atoms with Crippen molar-refractivity contribution in [1.82, 2.24) is 4.98 Å². The minimum Gasteiger partial charge on any atom is -0.335 e. The second kappa shape index (κ2) is 6.37. The molecule has 0 saturated carbocycles. The summed E-state index contributed by atoms with van der Waals surface area (Å²) in [4.78, 5) is 16.8. The number of ketones is 1. The molecule has 0 aliphatic heterocycles. The van der Waals surface area contributed by atoms with E-state index in [2.05, 4.69) is 10.3 Å². The summed E-state index contributed by atoms with van der Waals surface area (Å²) in [7, 11) is 0. The van der Waals surface area contributed by atoms with Gasteiger partial charge in [-0.25, -0.2) is 4.98 Å². The molecule has 0 fully saturated rings. The van der Waals surface area contributed by atoms with Crippen LogP contribution >= 0.6 is 23.1 Å². The molecule has 5 heteroatoms. The van der Waals surface area contributed by atoms with Crippen molar-refractivity contribution >= 4 is 34.7 Å². The number of nitrogens with one attached hydrogen (secondary N) is 1. The van der Waals surface area contributed by atoms with Crippen molar-refractivity contribution < 1.29 is 4.79 Å². The molecule has 2 aromatic rings. The lowest BCUT2D eigenvalue weighted by molar-refractivity contribution is 0.105. The Kier molecular flexibility index (Phi) is 4.55. The number of aromatic nitrogens is 1.